The highest BCUT2D eigenvalue weighted by Crippen LogP contribution is 2.49. The van der Waals surface area contributed by atoms with Crippen molar-refractivity contribution in [2.24, 2.45) is 11.1 Å². The van der Waals surface area contributed by atoms with Gasteiger partial charge in [-0.05, 0) is 51.1 Å². The number of hydrogen-bond donors (Lipinski definition) is 1. The van der Waals surface area contributed by atoms with Gasteiger partial charge in [0.25, 0.3) is 0 Å². The molecule has 2 heteroatoms. The van der Waals surface area contributed by atoms with E-state index in [4.69, 9.17) is 5.73 Å². The van der Waals surface area contributed by atoms with E-state index < -0.39 is 0 Å². The molecule has 2 nitrogen and oxygen atoms in total. The topological polar surface area (TPSA) is 29.3 Å². The average molecular weight is 198 g/mol. The molecule has 0 atom stereocenters. The lowest BCUT2D eigenvalue weighted by Crippen LogP contribution is -2.36. The third kappa shape index (κ3) is 2.96. The molecule has 1 aliphatic carbocycles. The van der Waals surface area contributed by atoms with E-state index in [2.05, 4.69) is 25.8 Å². The van der Waals surface area contributed by atoms with Crippen LogP contribution in [0.5, 0.6) is 0 Å². The van der Waals surface area contributed by atoms with E-state index in [1.165, 1.54) is 38.6 Å². The monoisotopic (exact) mass is 198 g/mol. The minimum absolute atomic E-state index is 0.603. The van der Waals surface area contributed by atoms with Crippen LogP contribution in [-0.2, 0) is 0 Å². The minimum atomic E-state index is 0.603. The highest BCUT2D eigenvalue weighted by molar-refractivity contribution is 4.95. The summed E-state index contributed by atoms with van der Waals surface area (Å²) < 4.78 is 0. The van der Waals surface area contributed by atoms with Crippen molar-refractivity contribution < 1.29 is 0 Å². The van der Waals surface area contributed by atoms with Gasteiger partial charge in [0, 0.05) is 12.6 Å². The second-order valence-electron chi connectivity index (χ2n) is 4.92. The van der Waals surface area contributed by atoms with Crippen LogP contribution in [0.15, 0.2) is 0 Å². The Bertz CT molecular complexity index is 160. The van der Waals surface area contributed by atoms with E-state index in [1.54, 1.807) is 0 Å². The molecule has 1 saturated carbocycles. The van der Waals surface area contributed by atoms with Crippen LogP contribution in [0.3, 0.4) is 0 Å². The van der Waals surface area contributed by atoms with E-state index in [9.17, 15) is 0 Å². The molecule has 0 amide bonds. The Morgan fingerprint density at radius 2 is 1.86 bits per heavy atom. The fourth-order valence-corrected chi connectivity index (χ4v) is 2.54. The van der Waals surface area contributed by atoms with Crippen molar-refractivity contribution in [1.29, 1.82) is 0 Å². The molecule has 84 valence electrons. The summed E-state index contributed by atoms with van der Waals surface area (Å²) in [5.41, 5.74) is 6.26. The zero-order chi connectivity index (χ0) is 10.6. The largest absolute Gasteiger partial charge is 0.330 e. The summed E-state index contributed by atoms with van der Waals surface area (Å²) in [6, 6.07) is 0.769. The van der Waals surface area contributed by atoms with Crippen molar-refractivity contribution in [3.05, 3.63) is 0 Å². The lowest BCUT2D eigenvalue weighted by molar-refractivity contribution is 0.182. The van der Waals surface area contributed by atoms with Crippen LogP contribution in [0, 0.1) is 5.41 Å². The highest BCUT2D eigenvalue weighted by Gasteiger charge is 2.42. The molecule has 0 aliphatic heterocycles. The molecule has 0 spiro atoms. The quantitative estimate of drug-likeness (QED) is 0.680. The molecule has 1 rings (SSSR count). The van der Waals surface area contributed by atoms with Gasteiger partial charge in [0.15, 0.2) is 0 Å². The molecule has 0 bridgehead atoms. The maximum Gasteiger partial charge on any atom is 0.00871 e. The van der Waals surface area contributed by atoms with Gasteiger partial charge in [0.1, 0.15) is 0 Å². The summed E-state index contributed by atoms with van der Waals surface area (Å²) in [6.45, 7) is 6.69. The van der Waals surface area contributed by atoms with Crippen molar-refractivity contribution in [3.8, 4) is 0 Å². The maximum absolute atomic E-state index is 5.65. The second kappa shape index (κ2) is 5.13. The zero-order valence-electron chi connectivity index (χ0n) is 10.1. The van der Waals surface area contributed by atoms with E-state index >= 15 is 0 Å². The van der Waals surface area contributed by atoms with E-state index in [0.29, 0.717) is 5.41 Å². The first-order valence-electron chi connectivity index (χ1n) is 6.07. The fourth-order valence-electron chi connectivity index (χ4n) is 2.54. The SMILES string of the molecule is CCC(CC)N(C)CC1(CCN)CC1. The molecule has 0 saturated heterocycles. The van der Waals surface area contributed by atoms with Gasteiger partial charge >= 0.3 is 0 Å². The van der Waals surface area contributed by atoms with Crippen LogP contribution in [0.25, 0.3) is 0 Å². The standard InChI is InChI=1S/C12H26N2/c1-4-11(5-2)14(3)10-12(6-7-12)8-9-13/h11H,4-10,13H2,1-3H3. The van der Waals surface area contributed by atoms with Gasteiger partial charge in [-0.15, -0.1) is 0 Å². The summed E-state index contributed by atoms with van der Waals surface area (Å²) in [4.78, 5) is 2.54. The molecule has 14 heavy (non-hydrogen) atoms. The van der Waals surface area contributed by atoms with Crippen molar-refractivity contribution in [1.82, 2.24) is 4.90 Å². The number of nitrogens with zero attached hydrogens (tertiary/aromatic N) is 1. The Labute approximate surface area is 88.8 Å². The maximum atomic E-state index is 5.65. The number of hydrogen-bond acceptors (Lipinski definition) is 2. The summed E-state index contributed by atoms with van der Waals surface area (Å²) in [7, 11) is 2.27. The van der Waals surface area contributed by atoms with Crippen molar-refractivity contribution in [3.63, 3.8) is 0 Å². The molecule has 0 unspecified atom stereocenters. The second-order valence-corrected chi connectivity index (χ2v) is 4.92. The van der Waals surface area contributed by atoms with Crippen LogP contribution >= 0.6 is 0 Å². The molecule has 0 aromatic rings. The highest BCUT2D eigenvalue weighted by atomic mass is 15.1. The molecule has 0 heterocycles. The fraction of sp³-hybridized carbons (Fsp3) is 1.00. The third-order valence-electron chi connectivity index (χ3n) is 3.78. The first-order valence-corrected chi connectivity index (χ1v) is 6.07. The number of nitrogens with two attached hydrogens (primary N) is 1. The molecule has 1 aliphatic rings. The Hall–Kier alpha value is -0.0800. The number of rotatable bonds is 7. The molecule has 0 aromatic heterocycles. The van der Waals surface area contributed by atoms with E-state index in [-0.39, 0.29) is 0 Å². The van der Waals surface area contributed by atoms with Crippen molar-refractivity contribution in [2.45, 2.75) is 52.0 Å². The van der Waals surface area contributed by atoms with Gasteiger partial charge in [-0.3, -0.25) is 0 Å². The molecule has 2 N–H and O–H groups in total. The van der Waals surface area contributed by atoms with Crippen LogP contribution < -0.4 is 5.73 Å². The lowest BCUT2D eigenvalue weighted by atomic mass is 10.0. The molecular weight excluding hydrogens is 172 g/mol. The van der Waals surface area contributed by atoms with Gasteiger partial charge in [0.2, 0.25) is 0 Å². The third-order valence-corrected chi connectivity index (χ3v) is 3.78. The Morgan fingerprint density at radius 3 is 2.21 bits per heavy atom. The lowest BCUT2D eigenvalue weighted by Gasteiger charge is -2.30. The molecule has 0 radical (unpaired) electrons. The van der Waals surface area contributed by atoms with Gasteiger partial charge < -0.3 is 10.6 Å². The summed E-state index contributed by atoms with van der Waals surface area (Å²) in [5, 5.41) is 0. The van der Waals surface area contributed by atoms with Gasteiger partial charge in [-0.2, -0.15) is 0 Å². The Morgan fingerprint density at radius 1 is 1.29 bits per heavy atom. The summed E-state index contributed by atoms with van der Waals surface area (Å²) >= 11 is 0. The van der Waals surface area contributed by atoms with Crippen LogP contribution in [-0.4, -0.2) is 31.1 Å². The van der Waals surface area contributed by atoms with Crippen molar-refractivity contribution >= 4 is 0 Å². The van der Waals surface area contributed by atoms with Crippen LogP contribution in [0.4, 0.5) is 0 Å². The predicted octanol–water partition coefficient (Wildman–Crippen LogP) is 2.24. The van der Waals surface area contributed by atoms with Crippen LogP contribution in [0.1, 0.15) is 46.0 Å². The molecular formula is C12H26N2. The predicted molar refractivity (Wildman–Crippen MR) is 62.3 cm³/mol. The Balaban J connectivity index is 2.35. The molecule has 1 fully saturated rings. The zero-order valence-corrected chi connectivity index (χ0v) is 10.1. The van der Waals surface area contributed by atoms with Gasteiger partial charge in [-0.25, -0.2) is 0 Å². The van der Waals surface area contributed by atoms with E-state index in [0.717, 1.165) is 12.6 Å². The summed E-state index contributed by atoms with van der Waals surface area (Å²) in [5.74, 6) is 0. The van der Waals surface area contributed by atoms with Crippen molar-refractivity contribution in [2.75, 3.05) is 20.1 Å². The Kier molecular flexibility index (Phi) is 4.39. The first kappa shape index (κ1) is 12.0. The average Bonchev–Trinajstić information content (AvgIpc) is 2.87. The summed E-state index contributed by atoms with van der Waals surface area (Å²) in [6.07, 6.45) is 6.55. The first-order chi connectivity index (χ1) is 6.67. The molecule has 0 aromatic carbocycles. The van der Waals surface area contributed by atoms with E-state index in [1.807, 2.05) is 0 Å². The smallest absolute Gasteiger partial charge is 0.00871 e. The van der Waals surface area contributed by atoms with Gasteiger partial charge in [-0.1, -0.05) is 13.8 Å². The normalized spacial score (nSPS) is 19.3. The minimum Gasteiger partial charge on any atom is -0.330 e. The van der Waals surface area contributed by atoms with Gasteiger partial charge in [0.05, 0.1) is 0 Å². The van der Waals surface area contributed by atoms with Crippen LogP contribution in [0.2, 0.25) is 0 Å².